The van der Waals surface area contributed by atoms with Gasteiger partial charge in [0, 0.05) is 30.0 Å². The number of amides is 4. The van der Waals surface area contributed by atoms with E-state index in [2.05, 4.69) is 40.7 Å². The molecule has 2 aromatic rings. The first-order chi connectivity index (χ1) is 20.0. The molecule has 0 bridgehead atoms. The van der Waals surface area contributed by atoms with Crippen molar-refractivity contribution < 1.29 is 28.0 Å². The quantitative estimate of drug-likeness (QED) is 0.215. The molecule has 2 aliphatic carbocycles. The maximum absolute atomic E-state index is 12.5. The van der Waals surface area contributed by atoms with E-state index in [1.165, 1.54) is 21.9 Å². The summed E-state index contributed by atoms with van der Waals surface area (Å²) in [6, 6.07) is 2.67. The molecular weight excluding hydrogens is 629 g/mol. The maximum atomic E-state index is 12.5. The third-order valence-electron chi connectivity index (χ3n) is 7.41. The SMILES string of the molecule is CC(Br)c1cc(=O)oc2c1C(=O)N(CC1CC1)C(=O)C2.CCc1cc(=O)oc2c1C(=O)N(CC1CC1)C(=O)C2.[B]=NS. The average molecular weight is 659 g/mol. The summed E-state index contributed by atoms with van der Waals surface area (Å²) < 4.78 is 12.8. The molecule has 0 saturated heterocycles. The van der Waals surface area contributed by atoms with Crippen molar-refractivity contribution >= 4 is 60.0 Å². The van der Waals surface area contributed by atoms with Crippen LogP contribution in [0.25, 0.3) is 0 Å². The Morgan fingerprint density at radius 3 is 1.74 bits per heavy atom. The van der Waals surface area contributed by atoms with Gasteiger partial charge in [0.1, 0.15) is 11.5 Å². The zero-order valence-electron chi connectivity index (χ0n) is 23.3. The van der Waals surface area contributed by atoms with Gasteiger partial charge in [-0.15, -0.1) is 0 Å². The van der Waals surface area contributed by atoms with E-state index in [4.69, 9.17) is 8.83 Å². The van der Waals surface area contributed by atoms with Crippen molar-refractivity contribution in [3.63, 3.8) is 0 Å². The number of thiol groups is 1. The number of fused-ring (bicyclic) bond motifs is 2. The zero-order valence-corrected chi connectivity index (χ0v) is 25.7. The van der Waals surface area contributed by atoms with E-state index in [-0.39, 0.29) is 52.8 Å². The Labute approximate surface area is 256 Å². The second kappa shape index (κ2) is 13.5. The molecule has 1 atom stereocenters. The summed E-state index contributed by atoms with van der Waals surface area (Å²) in [7, 11) is 4.34. The first-order valence-electron chi connectivity index (χ1n) is 13.7. The molecule has 11 nitrogen and oxygen atoms in total. The Bertz CT molecular complexity index is 1550. The molecule has 221 valence electrons. The number of hydrogen-bond donors (Lipinski definition) is 1. The van der Waals surface area contributed by atoms with Crippen LogP contribution in [0, 0.1) is 11.8 Å². The monoisotopic (exact) mass is 658 g/mol. The van der Waals surface area contributed by atoms with Gasteiger partial charge in [-0.05, 0) is 62.0 Å². The molecule has 2 saturated carbocycles. The molecule has 4 aliphatic rings. The molecule has 2 aliphatic heterocycles. The van der Waals surface area contributed by atoms with Crippen LogP contribution in [0.3, 0.4) is 0 Å². The summed E-state index contributed by atoms with van der Waals surface area (Å²) in [5.41, 5.74) is 1.03. The summed E-state index contributed by atoms with van der Waals surface area (Å²) in [5, 5.41) is 0. The minimum absolute atomic E-state index is 0.0108. The molecule has 0 N–H and O–H groups in total. The second-order valence-corrected chi connectivity index (χ2v) is 12.3. The first-order valence-corrected chi connectivity index (χ1v) is 15.0. The fourth-order valence-corrected chi connectivity index (χ4v) is 5.31. The van der Waals surface area contributed by atoms with E-state index in [0.717, 1.165) is 25.7 Å². The van der Waals surface area contributed by atoms with Crippen molar-refractivity contribution in [3.8, 4) is 0 Å². The average Bonchev–Trinajstić information content (AvgIpc) is 3.85. The number of aryl methyl sites for hydroxylation is 1. The van der Waals surface area contributed by atoms with Crippen molar-refractivity contribution in [2.45, 2.75) is 63.6 Å². The van der Waals surface area contributed by atoms with Crippen molar-refractivity contribution in [3.05, 3.63) is 66.7 Å². The van der Waals surface area contributed by atoms with Crippen LogP contribution in [0.1, 0.15) is 87.7 Å². The molecule has 0 aromatic carbocycles. The summed E-state index contributed by atoms with van der Waals surface area (Å²) in [6.07, 6.45) is 4.85. The summed E-state index contributed by atoms with van der Waals surface area (Å²) in [6.45, 7) is 4.69. The molecule has 14 heteroatoms. The molecule has 0 spiro atoms. The number of hydrogen-bond acceptors (Lipinski definition) is 10. The van der Waals surface area contributed by atoms with E-state index >= 15 is 0 Å². The van der Waals surface area contributed by atoms with Crippen LogP contribution in [0.5, 0.6) is 0 Å². The van der Waals surface area contributed by atoms with E-state index in [0.29, 0.717) is 53.6 Å². The normalized spacial score (nSPS) is 18.3. The molecule has 2 fully saturated rings. The van der Waals surface area contributed by atoms with Crippen LogP contribution in [0.4, 0.5) is 0 Å². The molecule has 6 rings (SSSR count). The van der Waals surface area contributed by atoms with E-state index in [1.807, 2.05) is 13.8 Å². The second-order valence-electron chi connectivity index (χ2n) is 10.7. The zero-order chi connectivity index (χ0) is 30.7. The summed E-state index contributed by atoms with van der Waals surface area (Å²) in [5.74, 6) is 0.122. The predicted molar refractivity (Wildman–Crippen MR) is 159 cm³/mol. The number of carbonyl (C=O) groups excluding carboxylic acids is 4. The van der Waals surface area contributed by atoms with E-state index < -0.39 is 11.3 Å². The van der Waals surface area contributed by atoms with E-state index in [9.17, 15) is 28.8 Å². The molecule has 42 heavy (non-hydrogen) atoms. The van der Waals surface area contributed by atoms with Crippen LogP contribution in [0.15, 0.2) is 34.9 Å². The Morgan fingerprint density at radius 1 is 0.881 bits per heavy atom. The summed E-state index contributed by atoms with van der Waals surface area (Å²) >= 11 is 6.58. The number of nitrogens with zero attached hydrogens (tertiary/aromatic N) is 3. The fourth-order valence-electron chi connectivity index (χ4n) is 4.95. The van der Waals surface area contributed by atoms with Gasteiger partial charge in [0.05, 0.1) is 24.0 Å². The van der Waals surface area contributed by atoms with Crippen LogP contribution >= 0.6 is 28.7 Å². The predicted octanol–water partition coefficient (Wildman–Crippen LogP) is 3.35. The van der Waals surface area contributed by atoms with Crippen molar-refractivity contribution in [2.24, 2.45) is 16.1 Å². The van der Waals surface area contributed by atoms with Crippen molar-refractivity contribution in [1.82, 2.24) is 9.80 Å². The number of carbonyl (C=O) groups is 4. The van der Waals surface area contributed by atoms with Gasteiger partial charge in [0.25, 0.3) is 11.8 Å². The third kappa shape index (κ3) is 7.26. The van der Waals surface area contributed by atoms with Gasteiger partial charge < -0.3 is 8.83 Å². The van der Waals surface area contributed by atoms with Gasteiger partial charge >= 0.3 is 36.0 Å². The third-order valence-corrected chi connectivity index (χ3v) is 7.90. The van der Waals surface area contributed by atoms with Crippen LogP contribution < -0.4 is 11.3 Å². The first kappa shape index (κ1) is 31.8. The van der Waals surface area contributed by atoms with Gasteiger partial charge in [-0.3, -0.25) is 29.0 Å². The van der Waals surface area contributed by atoms with Gasteiger partial charge in [-0.1, -0.05) is 22.9 Å². The van der Waals surface area contributed by atoms with Gasteiger partial charge in [-0.25, -0.2) is 9.59 Å². The topological polar surface area (TPSA) is 148 Å². The van der Waals surface area contributed by atoms with Crippen LogP contribution in [-0.2, 0) is 28.9 Å². The van der Waals surface area contributed by atoms with Gasteiger partial charge in [0.2, 0.25) is 11.8 Å². The van der Waals surface area contributed by atoms with Crippen LogP contribution in [0.2, 0.25) is 0 Å². The molecule has 4 amide bonds. The van der Waals surface area contributed by atoms with Crippen molar-refractivity contribution in [2.75, 3.05) is 13.1 Å². The Kier molecular flexibility index (Phi) is 10.2. The summed E-state index contributed by atoms with van der Waals surface area (Å²) in [4.78, 5) is 74.4. The van der Waals surface area contributed by atoms with Crippen LogP contribution in [-0.4, -0.2) is 54.2 Å². The van der Waals surface area contributed by atoms with Gasteiger partial charge in [-0.2, -0.15) is 0 Å². The molecule has 1 radical (unpaired) electrons. The number of rotatable bonds is 6. The Morgan fingerprint density at radius 2 is 1.31 bits per heavy atom. The number of alkyl halides is 1. The Hall–Kier alpha value is -3.13. The molecule has 4 heterocycles. The minimum atomic E-state index is -0.527. The molecule has 1 unspecified atom stereocenters. The number of halogens is 1. The van der Waals surface area contributed by atoms with Crippen molar-refractivity contribution in [1.29, 1.82) is 0 Å². The molecular formula is C28H30BBrN3O8S. The van der Waals surface area contributed by atoms with Gasteiger partial charge in [0.15, 0.2) is 0 Å². The fraction of sp³-hybridized carbons (Fsp3) is 0.500. The number of imide groups is 2. The Balaban J connectivity index is 0.000000177. The molecule has 2 aromatic heterocycles. The van der Waals surface area contributed by atoms with E-state index in [1.54, 1.807) is 0 Å². The standard InChI is InChI=1S/C14H14BrNO4.C14H15NO4.BHNS/c1-7(15)9-4-12(18)20-10-5-11(17)16(6-8-2-3-8)14(19)13(9)10;1-2-9-5-12(17)19-10-6-11(16)15(7-8-3-4-8)14(18)13(9)10;1-2-3/h4,7-8H,2-3,5-6H2,1H3;5,8H,2-4,6-7H2,1H3;3H.